The number of nitrogens with one attached hydrogen (secondary N) is 1. The first-order valence-electron chi connectivity index (χ1n) is 8.90. The average Bonchev–Trinajstić information content (AvgIpc) is 2.97. The third-order valence-corrected chi connectivity index (χ3v) is 6.26. The lowest BCUT2D eigenvalue weighted by molar-refractivity contribution is 0.230. The van der Waals surface area contributed by atoms with E-state index in [-0.39, 0.29) is 17.4 Å². The summed E-state index contributed by atoms with van der Waals surface area (Å²) in [5.41, 5.74) is 0.672. The minimum Gasteiger partial charge on any atom is -0.357 e. The number of aromatic nitrogens is 3. The van der Waals surface area contributed by atoms with E-state index in [1.807, 2.05) is 0 Å². The summed E-state index contributed by atoms with van der Waals surface area (Å²) in [7, 11) is -2.92. The molecule has 2 aromatic heterocycles. The molecule has 1 aliphatic rings. The van der Waals surface area contributed by atoms with Gasteiger partial charge in [0.25, 0.3) is 5.56 Å². The Kier molecular flexibility index (Phi) is 5.93. The average molecular weight is 400 g/mol. The normalized spacial score (nSPS) is 17.0. The van der Waals surface area contributed by atoms with Gasteiger partial charge in [0.05, 0.1) is 5.75 Å². The van der Waals surface area contributed by atoms with Gasteiger partial charge in [-0.1, -0.05) is 24.7 Å². The summed E-state index contributed by atoms with van der Waals surface area (Å²) >= 11 is 1.40. The fourth-order valence-corrected chi connectivity index (χ4v) is 4.56. The van der Waals surface area contributed by atoms with E-state index in [9.17, 15) is 13.2 Å². The first kappa shape index (κ1) is 19.2. The number of sulfone groups is 1. The molecule has 0 aromatic carbocycles. The monoisotopic (exact) mass is 399 g/mol. The summed E-state index contributed by atoms with van der Waals surface area (Å²) in [6, 6.07) is 1.83. The van der Waals surface area contributed by atoms with Gasteiger partial charge in [-0.15, -0.1) is 5.10 Å². The van der Waals surface area contributed by atoms with Crippen molar-refractivity contribution < 1.29 is 8.42 Å². The van der Waals surface area contributed by atoms with E-state index < -0.39 is 9.84 Å². The molecule has 0 spiro atoms. The Bertz CT molecular complexity index is 914. The first-order valence-corrected chi connectivity index (χ1v) is 11.8. The number of piperidine rings is 1. The summed E-state index contributed by atoms with van der Waals surface area (Å²) in [5.74, 6) is 0.206. The lowest BCUT2D eigenvalue weighted by Gasteiger charge is -2.31. The Morgan fingerprint density at radius 2 is 2.08 bits per heavy atom. The van der Waals surface area contributed by atoms with Crippen molar-refractivity contribution in [3.05, 3.63) is 22.1 Å². The van der Waals surface area contributed by atoms with Crippen molar-refractivity contribution in [1.82, 2.24) is 19.5 Å². The van der Waals surface area contributed by atoms with Gasteiger partial charge in [0, 0.05) is 43.7 Å². The third-order valence-electron chi connectivity index (χ3n) is 4.50. The molecule has 8 nitrogen and oxygen atoms in total. The van der Waals surface area contributed by atoms with E-state index >= 15 is 0 Å². The van der Waals surface area contributed by atoms with Gasteiger partial charge in [0.15, 0.2) is 0 Å². The van der Waals surface area contributed by atoms with Gasteiger partial charge in [0.2, 0.25) is 10.1 Å². The predicted octanol–water partition coefficient (Wildman–Crippen LogP) is 1.02. The summed E-state index contributed by atoms with van der Waals surface area (Å²) in [6.07, 6.45) is 4.85. The Labute approximate surface area is 157 Å². The SMILES string of the molecule is CCCc1cc(=O)n2nc(NC3CCN(CCS(C)(=O)=O)CC3)sc2n1. The zero-order valence-corrected chi connectivity index (χ0v) is 16.8. The van der Waals surface area contributed by atoms with Crippen LogP contribution < -0.4 is 10.9 Å². The Morgan fingerprint density at radius 3 is 2.73 bits per heavy atom. The summed E-state index contributed by atoms with van der Waals surface area (Å²) < 4.78 is 23.9. The molecule has 0 bridgehead atoms. The molecule has 2 aromatic rings. The maximum Gasteiger partial charge on any atom is 0.275 e. The lowest BCUT2D eigenvalue weighted by Crippen LogP contribution is -2.41. The lowest BCUT2D eigenvalue weighted by atomic mass is 10.1. The standard InChI is InChI=1S/C16H25N5O3S2/c1-3-4-13-11-14(22)21-16(18-13)25-15(19-21)17-12-5-7-20(8-6-12)9-10-26(2,23)24/h11-12H,3-10H2,1-2H3,(H,17,19). The molecule has 0 radical (unpaired) electrons. The van der Waals surface area contributed by atoms with E-state index in [1.54, 1.807) is 6.07 Å². The number of hydrogen-bond acceptors (Lipinski definition) is 8. The van der Waals surface area contributed by atoms with E-state index in [0.29, 0.717) is 16.6 Å². The second-order valence-electron chi connectivity index (χ2n) is 6.83. The van der Waals surface area contributed by atoms with Crippen LogP contribution in [0.3, 0.4) is 0 Å². The van der Waals surface area contributed by atoms with Gasteiger partial charge in [-0.3, -0.25) is 4.79 Å². The number of nitrogens with zero attached hydrogens (tertiary/aromatic N) is 4. The molecule has 0 atom stereocenters. The van der Waals surface area contributed by atoms with Crippen molar-refractivity contribution in [3.63, 3.8) is 0 Å². The predicted molar refractivity (Wildman–Crippen MR) is 104 cm³/mol. The van der Waals surface area contributed by atoms with Crippen LogP contribution in [0.5, 0.6) is 0 Å². The molecule has 3 rings (SSSR count). The zero-order chi connectivity index (χ0) is 18.7. The van der Waals surface area contributed by atoms with Crippen molar-refractivity contribution in [3.8, 4) is 0 Å². The number of anilines is 1. The van der Waals surface area contributed by atoms with Crippen LogP contribution in [0.15, 0.2) is 10.9 Å². The van der Waals surface area contributed by atoms with Crippen LogP contribution in [0, 0.1) is 0 Å². The highest BCUT2D eigenvalue weighted by molar-refractivity contribution is 7.90. The van der Waals surface area contributed by atoms with Crippen LogP contribution in [0.1, 0.15) is 31.9 Å². The molecule has 0 aliphatic carbocycles. The number of hydrogen-bond donors (Lipinski definition) is 1. The molecule has 0 saturated carbocycles. The highest BCUT2D eigenvalue weighted by Crippen LogP contribution is 2.21. The van der Waals surface area contributed by atoms with Crippen LogP contribution in [0.2, 0.25) is 0 Å². The number of fused-ring (bicyclic) bond motifs is 1. The molecule has 0 amide bonds. The Hall–Kier alpha value is -1.52. The molecule has 3 heterocycles. The molecule has 10 heteroatoms. The molecule has 0 unspecified atom stereocenters. The van der Waals surface area contributed by atoms with Crippen LogP contribution in [-0.2, 0) is 16.3 Å². The van der Waals surface area contributed by atoms with E-state index in [2.05, 4.69) is 27.2 Å². The van der Waals surface area contributed by atoms with Crippen molar-refractivity contribution in [1.29, 1.82) is 0 Å². The van der Waals surface area contributed by atoms with Crippen molar-refractivity contribution in [2.75, 3.05) is 37.0 Å². The minimum absolute atomic E-state index is 0.140. The summed E-state index contributed by atoms with van der Waals surface area (Å²) in [6.45, 7) is 4.37. The van der Waals surface area contributed by atoms with Crippen LogP contribution >= 0.6 is 11.3 Å². The van der Waals surface area contributed by atoms with Gasteiger partial charge in [0.1, 0.15) is 9.84 Å². The quantitative estimate of drug-likeness (QED) is 0.742. The van der Waals surface area contributed by atoms with Crippen LogP contribution in [0.4, 0.5) is 5.13 Å². The molecule has 1 N–H and O–H groups in total. The fraction of sp³-hybridized carbons (Fsp3) is 0.688. The molecule has 1 fully saturated rings. The van der Waals surface area contributed by atoms with Gasteiger partial charge in [-0.25, -0.2) is 13.4 Å². The Balaban J connectivity index is 1.60. The maximum absolute atomic E-state index is 12.2. The molecule has 144 valence electrons. The van der Waals surface area contributed by atoms with Gasteiger partial charge in [-0.2, -0.15) is 4.52 Å². The smallest absolute Gasteiger partial charge is 0.275 e. The minimum atomic E-state index is -2.92. The van der Waals surface area contributed by atoms with Gasteiger partial charge < -0.3 is 10.2 Å². The molecule has 26 heavy (non-hydrogen) atoms. The highest BCUT2D eigenvalue weighted by Gasteiger charge is 2.21. The zero-order valence-electron chi connectivity index (χ0n) is 15.1. The van der Waals surface area contributed by atoms with Crippen molar-refractivity contribution in [2.24, 2.45) is 0 Å². The van der Waals surface area contributed by atoms with Gasteiger partial charge in [-0.05, 0) is 19.3 Å². The fourth-order valence-electron chi connectivity index (χ4n) is 3.07. The van der Waals surface area contributed by atoms with Crippen LogP contribution in [-0.4, -0.2) is 65.6 Å². The molecular weight excluding hydrogens is 374 g/mol. The van der Waals surface area contributed by atoms with E-state index in [4.69, 9.17) is 0 Å². The summed E-state index contributed by atoms with van der Waals surface area (Å²) in [5, 5.41) is 8.46. The second kappa shape index (κ2) is 8.01. The van der Waals surface area contributed by atoms with E-state index in [0.717, 1.165) is 44.5 Å². The number of aryl methyl sites for hydroxylation is 1. The van der Waals surface area contributed by atoms with E-state index in [1.165, 1.54) is 22.1 Å². The number of rotatable bonds is 7. The molecular formula is C16H25N5O3S2. The number of likely N-dealkylation sites (tertiary alicyclic amines) is 1. The first-order chi connectivity index (χ1) is 12.3. The third kappa shape index (κ3) is 5.01. The van der Waals surface area contributed by atoms with Gasteiger partial charge >= 0.3 is 0 Å². The van der Waals surface area contributed by atoms with Crippen molar-refractivity contribution >= 4 is 31.3 Å². The largest absolute Gasteiger partial charge is 0.357 e. The summed E-state index contributed by atoms with van der Waals surface area (Å²) in [4.78, 5) is 19.5. The topological polar surface area (TPSA) is 96.7 Å². The van der Waals surface area contributed by atoms with Crippen molar-refractivity contribution in [2.45, 2.75) is 38.6 Å². The second-order valence-corrected chi connectivity index (χ2v) is 10.0. The Morgan fingerprint density at radius 1 is 1.35 bits per heavy atom. The molecule has 1 aliphatic heterocycles. The van der Waals surface area contributed by atoms with Crippen LogP contribution in [0.25, 0.3) is 4.96 Å². The highest BCUT2D eigenvalue weighted by atomic mass is 32.2. The molecule has 1 saturated heterocycles. The maximum atomic E-state index is 12.2.